The van der Waals surface area contributed by atoms with Gasteiger partial charge in [-0.2, -0.15) is 4.98 Å². The molecule has 8 heteroatoms. The van der Waals surface area contributed by atoms with Crippen LogP contribution in [0.1, 0.15) is 63.2 Å². The summed E-state index contributed by atoms with van der Waals surface area (Å²) in [4.78, 5) is 33.1. The number of carbonyl (C=O) groups excluding carboxylic acids is 2. The van der Waals surface area contributed by atoms with Crippen molar-refractivity contribution in [1.29, 1.82) is 0 Å². The number of amides is 3. The molecule has 25 heavy (non-hydrogen) atoms. The van der Waals surface area contributed by atoms with Crippen LogP contribution in [0.3, 0.4) is 0 Å². The van der Waals surface area contributed by atoms with Crippen LogP contribution in [0.25, 0.3) is 0 Å². The van der Waals surface area contributed by atoms with Crippen LogP contribution in [0.5, 0.6) is 0 Å². The van der Waals surface area contributed by atoms with E-state index in [1.807, 2.05) is 6.92 Å². The highest BCUT2D eigenvalue weighted by atomic mass is 16.5. The van der Waals surface area contributed by atoms with E-state index in [1.54, 1.807) is 0 Å². The van der Waals surface area contributed by atoms with Crippen LogP contribution in [0.15, 0.2) is 4.52 Å². The van der Waals surface area contributed by atoms with E-state index < -0.39 is 5.54 Å². The summed E-state index contributed by atoms with van der Waals surface area (Å²) in [6, 6.07) is -0.124. The van der Waals surface area contributed by atoms with Crippen molar-refractivity contribution in [3.05, 3.63) is 11.7 Å². The molecule has 4 rings (SSSR count). The number of hydrogen-bond acceptors (Lipinski definition) is 6. The summed E-state index contributed by atoms with van der Waals surface area (Å²) in [5.41, 5.74) is -0.620. The minimum absolute atomic E-state index is 0.0430. The Labute approximate surface area is 146 Å². The van der Waals surface area contributed by atoms with Crippen molar-refractivity contribution in [2.45, 2.75) is 63.5 Å². The van der Waals surface area contributed by atoms with Gasteiger partial charge in [0.05, 0.1) is 6.04 Å². The van der Waals surface area contributed by atoms with Gasteiger partial charge in [0.25, 0.3) is 5.91 Å². The first-order valence-corrected chi connectivity index (χ1v) is 9.33. The van der Waals surface area contributed by atoms with E-state index in [0.717, 1.165) is 57.3 Å². The van der Waals surface area contributed by atoms with E-state index in [4.69, 9.17) is 4.52 Å². The van der Waals surface area contributed by atoms with Crippen LogP contribution >= 0.6 is 0 Å². The molecule has 8 nitrogen and oxygen atoms in total. The molecule has 2 saturated heterocycles. The lowest BCUT2D eigenvalue weighted by Gasteiger charge is -2.24. The summed E-state index contributed by atoms with van der Waals surface area (Å²) in [6.45, 7) is 3.98. The highest BCUT2D eigenvalue weighted by molar-refractivity contribution is 6.07. The second kappa shape index (κ2) is 6.40. The summed E-state index contributed by atoms with van der Waals surface area (Å²) in [6.07, 6.45) is 6.31. The van der Waals surface area contributed by atoms with Crippen LogP contribution in [0.2, 0.25) is 0 Å². The summed E-state index contributed by atoms with van der Waals surface area (Å²) in [7, 11) is 0. The summed E-state index contributed by atoms with van der Waals surface area (Å²) < 4.78 is 5.23. The molecule has 1 atom stereocenters. The molecular formula is C17H25N5O3. The molecule has 0 bridgehead atoms. The van der Waals surface area contributed by atoms with Crippen LogP contribution in [-0.4, -0.2) is 57.1 Å². The van der Waals surface area contributed by atoms with E-state index in [0.29, 0.717) is 19.0 Å². The quantitative estimate of drug-likeness (QED) is 0.814. The molecule has 1 aliphatic carbocycles. The molecule has 0 unspecified atom stereocenters. The Bertz CT molecular complexity index is 667. The second-order valence-electron chi connectivity index (χ2n) is 7.27. The van der Waals surface area contributed by atoms with Crippen LogP contribution in [-0.2, 0) is 11.2 Å². The van der Waals surface area contributed by atoms with Crippen molar-refractivity contribution < 1.29 is 14.1 Å². The van der Waals surface area contributed by atoms with Gasteiger partial charge in [0.15, 0.2) is 5.82 Å². The number of carbonyl (C=O) groups is 2. The third-order valence-electron chi connectivity index (χ3n) is 5.76. The zero-order valence-electron chi connectivity index (χ0n) is 14.7. The Kier molecular flexibility index (Phi) is 4.23. The number of urea groups is 1. The zero-order chi connectivity index (χ0) is 17.4. The van der Waals surface area contributed by atoms with Gasteiger partial charge >= 0.3 is 6.03 Å². The number of rotatable bonds is 5. The maximum absolute atomic E-state index is 12.7. The molecular weight excluding hydrogens is 322 g/mol. The van der Waals surface area contributed by atoms with Gasteiger partial charge in [-0.15, -0.1) is 0 Å². The average molecular weight is 347 g/mol. The molecule has 3 heterocycles. The van der Waals surface area contributed by atoms with Crippen molar-refractivity contribution in [2.24, 2.45) is 0 Å². The fraction of sp³-hybridized carbons (Fsp3) is 0.765. The number of nitrogens with one attached hydrogen (secondary N) is 1. The molecule has 3 aliphatic rings. The van der Waals surface area contributed by atoms with Crippen LogP contribution in [0, 0.1) is 0 Å². The number of likely N-dealkylation sites (tertiary alicyclic amines) is 1. The maximum Gasteiger partial charge on any atom is 0.325 e. The Morgan fingerprint density at radius 2 is 2.04 bits per heavy atom. The SMILES string of the molecule is CCc1nc([C@H]2CCCN2CCN2C(=O)NC3(CCCC3)C2=O)no1. The molecule has 3 fully saturated rings. The molecule has 2 aliphatic heterocycles. The summed E-state index contributed by atoms with van der Waals surface area (Å²) in [5.74, 6) is 1.33. The first-order chi connectivity index (χ1) is 12.1. The fourth-order valence-corrected chi connectivity index (χ4v) is 4.36. The lowest BCUT2D eigenvalue weighted by molar-refractivity contribution is -0.131. The molecule has 1 spiro atoms. The van der Waals surface area contributed by atoms with E-state index >= 15 is 0 Å². The third-order valence-corrected chi connectivity index (χ3v) is 5.76. The van der Waals surface area contributed by atoms with Gasteiger partial charge in [-0.1, -0.05) is 24.9 Å². The maximum atomic E-state index is 12.7. The normalized spacial score (nSPS) is 26.1. The minimum atomic E-state index is -0.620. The summed E-state index contributed by atoms with van der Waals surface area (Å²) >= 11 is 0. The number of aromatic nitrogens is 2. The van der Waals surface area contributed by atoms with Gasteiger partial charge in [0, 0.05) is 19.5 Å². The van der Waals surface area contributed by atoms with Gasteiger partial charge in [-0.3, -0.25) is 14.6 Å². The number of aryl methyl sites for hydroxylation is 1. The van der Waals surface area contributed by atoms with Gasteiger partial charge in [-0.25, -0.2) is 4.79 Å². The van der Waals surface area contributed by atoms with E-state index in [2.05, 4.69) is 20.4 Å². The molecule has 136 valence electrons. The molecule has 3 amide bonds. The molecule has 1 N–H and O–H groups in total. The molecule has 1 saturated carbocycles. The first kappa shape index (κ1) is 16.5. The Morgan fingerprint density at radius 3 is 2.76 bits per heavy atom. The molecule has 1 aromatic rings. The predicted molar refractivity (Wildman–Crippen MR) is 88.7 cm³/mol. The van der Waals surface area contributed by atoms with E-state index in [9.17, 15) is 9.59 Å². The lowest BCUT2D eigenvalue weighted by Crippen LogP contribution is -2.44. The predicted octanol–water partition coefficient (Wildman–Crippen LogP) is 1.63. The topological polar surface area (TPSA) is 91.6 Å². The van der Waals surface area contributed by atoms with Crippen molar-refractivity contribution in [3.63, 3.8) is 0 Å². The molecule has 1 aromatic heterocycles. The lowest BCUT2D eigenvalue weighted by atomic mass is 9.98. The van der Waals surface area contributed by atoms with Crippen LogP contribution < -0.4 is 5.32 Å². The van der Waals surface area contributed by atoms with Gasteiger partial charge < -0.3 is 9.84 Å². The highest BCUT2D eigenvalue weighted by Crippen LogP contribution is 2.35. The van der Waals surface area contributed by atoms with Gasteiger partial charge in [-0.05, 0) is 32.2 Å². The number of nitrogens with zero attached hydrogens (tertiary/aromatic N) is 4. The number of imide groups is 1. The molecule has 0 radical (unpaired) electrons. The number of hydrogen-bond donors (Lipinski definition) is 1. The van der Waals surface area contributed by atoms with Gasteiger partial charge in [0.2, 0.25) is 5.89 Å². The standard InChI is InChI=1S/C17H25N5O3/c1-2-13-18-14(20-25-13)12-6-5-9-21(12)10-11-22-15(23)17(19-16(22)24)7-3-4-8-17/h12H,2-11H2,1H3,(H,19,24)/t12-/m1/s1. The zero-order valence-corrected chi connectivity index (χ0v) is 14.7. The van der Waals surface area contributed by atoms with Gasteiger partial charge in [0.1, 0.15) is 5.54 Å². The Balaban J connectivity index is 1.40. The fourth-order valence-electron chi connectivity index (χ4n) is 4.36. The highest BCUT2D eigenvalue weighted by Gasteiger charge is 2.52. The largest absolute Gasteiger partial charge is 0.339 e. The van der Waals surface area contributed by atoms with Crippen molar-refractivity contribution >= 4 is 11.9 Å². The average Bonchev–Trinajstić information content (AvgIpc) is 3.37. The smallest absolute Gasteiger partial charge is 0.325 e. The Morgan fingerprint density at radius 1 is 1.24 bits per heavy atom. The second-order valence-corrected chi connectivity index (χ2v) is 7.27. The van der Waals surface area contributed by atoms with E-state index in [-0.39, 0.29) is 18.0 Å². The van der Waals surface area contributed by atoms with Crippen molar-refractivity contribution in [3.8, 4) is 0 Å². The van der Waals surface area contributed by atoms with E-state index in [1.165, 1.54) is 4.90 Å². The minimum Gasteiger partial charge on any atom is -0.339 e. The van der Waals surface area contributed by atoms with Crippen molar-refractivity contribution in [2.75, 3.05) is 19.6 Å². The van der Waals surface area contributed by atoms with Crippen molar-refractivity contribution in [1.82, 2.24) is 25.3 Å². The summed E-state index contributed by atoms with van der Waals surface area (Å²) in [5, 5.41) is 7.04. The monoisotopic (exact) mass is 347 g/mol. The third kappa shape index (κ3) is 2.82. The van der Waals surface area contributed by atoms with Crippen LogP contribution in [0.4, 0.5) is 4.79 Å². The molecule has 0 aromatic carbocycles. The Hall–Kier alpha value is -1.96. The first-order valence-electron chi connectivity index (χ1n) is 9.33.